The van der Waals surface area contributed by atoms with Gasteiger partial charge >= 0.3 is 5.97 Å². The number of aliphatic carboxylic acids is 1. The molecule has 2 heterocycles. The number of halogens is 2. The lowest BCUT2D eigenvalue weighted by Crippen LogP contribution is -2.42. The number of carboxylic acid groups (broad SMARTS) is 1. The van der Waals surface area contributed by atoms with E-state index in [-0.39, 0.29) is 18.1 Å². The molecule has 3 rings (SSSR count). The molecule has 0 unspecified atom stereocenters. The Bertz CT molecular complexity index is 879. The van der Waals surface area contributed by atoms with Crippen LogP contribution in [0.3, 0.4) is 0 Å². The Hall–Kier alpha value is -2.77. The molecule has 0 aliphatic carbocycles. The van der Waals surface area contributed by atoms with Gasteiger partial charge in [0.2, 0.25) is 0 Å². The summed E-state index contributed by atoms with van der Waals surface area (Å²) >= 11 is 0. The fraction of sp³-hybridized carbons (Fsp3) is 0.389. The molecule has 1 amide bonds. The van der Waals surface area contributed by atoms with Crippen LogP contribution in [0.4, 0.5) is 8.78 Å². The molecule has 1 aliphatic heterocycles. The smallest absolute Gasteiger partial charge is 0.308 e. The molecule has 8 heteroatoms. The van der Waals surface area contributed by atoms with Crippen molar-refractivity contribution < 1.29 is 23.5 Å². The Balaban J connectivity index is 1.95. The van der Waals surface area contributed by atoms with Gasteiger partial charge in [0.05, 0.1) is 22.9 Å². The molecule has 2 aromatic rings. The highest BCUT2D eigenvalue weighted by Gasteiger charge is 2.31. The number of aryl methyl sites for hydroxylation is 1. The minimum atomic E-state index is -0.917. The Morgan fingerprint density at radius 1 is 1.27 bits per heavy atom. The molecular formula is C18H19F2N3O3. The normalized spacial score (nSPS) is 17.4. The van der Waals surface area contributed by atoms with Crippen LogP contribution < -0.4 is 0 Å². The lowest BCUT2D eigenvalue weighted by molar-refractivity contribution is -0.143. The molecule has 0 bridgehead atoms. The zero-order valence-corrected chi connectivity index (χ0v) is 14.5. The molecule has 138 valence electrons. The summed E-state index contributed by atoms with van der Waals surface area (Å²) in [6, 6.07) is 3.15. The number of aromatic nitrogens is 2. The van der Waals surface area contributed by atoms with Gasteiger partial charge in [0.1, 0.15) is 11.5 Å². The Morgan fingerprint density at radius 3 is 2.65 bits per heavy atom. The van der Waals surface area contributed by atoms with Gasteiger partial charge in [-0.05, 0) is 38.8 Å². The lowest BCUT2D eigenvalue weighted by Gasteiger charge is -2.30. The molecular weight excluding hydrogens is 344 g/mol. The molecule has 0 saturated carbocycles. The van der Waals surface area contributed by atoms with Crippen LogP contribution in [-0.4, -0.2) is 44.8 Å². The van der Waals surface area contributed by atoms with E-state index in [0.717, 1.165) is 12.1 Å². The van der Waals surface area contributed by atoms with Crippen molar-refractivity contribution in [1.29, 1.82) is 0 Å². The SMILES string of the molecule is Cc1nn(-c2ccc(F)cc2F)c(C)c1C(=O)N1CCC[C@H](C(=O)O)C1. The van der Waals surface area contributed by atoms with E-state index in [2.05, 4.69) is 5.10 Å². The number of carbonyl (C=O) groups is 2. The first kappa shape index (κ1) is 18.0. The van der Waals surface area contributed by atoms with E-state index in [1.165, 1.54) is 15.6 Å². The van der Waals surface area contributed by atoms with Gasteiger partial charge in [0, 0.05) is 19.2 Å². The first-order valence-electron chi connectivity index (χ1n) is 8.33. The van der Waals surface area contributed by atoms with Crippen LogP contribution in [0.25, 0.3) is 5.69 Å². The Morgan fingerprint density at radius 2 is 2.00 bits per heavy atom. The van der Waals surface area contributed by atoms with Gasteiger partial charge in [0.15, 0.2) is 5.82 Å². The van der Waals surface area contributed by atoms with E-state index in [9.17, 15) is 23.5 Å². The third kappa shape index (κ3) is 3.18. The molecule has 1 saturated heterocycles. The average Bonchev–Trinajstić information content (AvgIpc) is 2.88. The summed E-state index contributed by atoms with van der Waals surface area (Å²) < 4.78 is 28.5. The minimum absolute atomic E-state index is 0.0492. The Kier molecular flexibility index (Phi) is 4.76. The maximum absolute atomic E-state index is 14.1. The van der Waals surface area contributed by atoms with Gasteiger partial charge in [0.25, 0.3) is 5.91 Å². The molecule has 0 radical (unpaired) electrons. The van der Waals surface area contributed by atoms with Gasteiger partial charge < -0.3 is 10.0 Å². The third-order valence-electron chi connectivity index (χ3n) is 4.70. The van der Waals surface area contributed by atoms with E-state index in [4.69, 9.17) is 0 Å². The van der Waals surface area contributed by atoms with Crippen molar-refractivity contribution in [1.82, 2.24) is 14.7 Å². The van der Waals surface area contributed by atoms with Crippen LogP contribution in [0.5, 0.6) is 0 Å². The number of likely N-dealkylation sites (tertiary alicyclic amines) is 1. The zero-order chi connectivity index (χ0) is 19.0. The number of benzene rings is 1. The average molecular weight is 363 g/mol. The van der Waals surface area contributed by atoms with E-state index in [0.29, 0.717) is 36.3 Å². The monoisotopic (exact) mass is 363 g/mol. The van der Waals surface area contributed by atoms with Gasteiger partial charge in [-0.1, -0.05) is 0 Å². The minimum Gasteiger partial charge on any atom is -0.481 e. The van der Waals surface area contributed by atoms with Crippen molar-refractivity contribution in [3.05, 3.63) is 46.8 Å². The van der Waals surface area contributed by atoms with E-state index in [1.807, 2.05) is 0 Å². The molecule has 1 N–H and O–H groups in total. The second kappa shape index (κ2) is 6.86. The highest BCUT2D eigenvalue weighted by Crippen LogP contribution is 2.24. The van der Waals surface area contributed by atoms with Gasteiger partial charge in [-0.25, -0.2) is 13.5 Å². The fourth-order valence-electron chi connectivity index (χ4n) is 3.36. The lowest BCUT2D eigenvalue weighted by atomic mass is 9.97. The summed E-state index contributed by atoms with van der Waals surface area (Å²) in [5, 5.41) is 13.4. The van der Waals surface area contributed by atoms with E-state index >= 15 is 0 Å². The van der Waals surface area contributed by atoms with Crippen molar-refractivity contribution in [2.45, 2.75) is 26.7 Å². The van der Waals surface area contributed by atoms with Crippen molar-refractivity contribution in [2.75, 3.05) is 13.1 Å². The first-order chi connectivity index (χ1) is 12.3. The van der Waals surface area contributed by atoms with E-state index < -0.39 is 23.5 Å². The maximum Gasteiger partial charge on any atom is 0.308 e. The molecule has 1 aromatic carbocycles. The van der Waals surface area contributed by atoms with Crippen LogP contribution in [0.15, 0.2) is 18.2 Å². The van der Waals surface area contributed by atoms with Crippen LogP contribution >= 0.6 is 0 Å². The van der Waals surface area contributed by atoms with Crippen LogP contribution in [0, 0.1) is 31.4 Å². The largest absolute Gasteiger partial charge is 0.481 e. The third-order valence-corrected chi connectivity index (χ3v) is 4.70. The second-order valence-electron chi connectivity index (χ2n) is 6.48. The number of hydrogen-bond acceptors (Lipinski definition) is 3. The molecule has 1 aromatic heterocycles. The maximum atomic E-state index is 14.1. The number of nitrogens with zero attached hydrogens (tertiary/aromatic N) is 3. The van der Waals surface area contributed by atoms with Crippen molar-refractivity contribution >= 4 is 11.9 Å². The summed E-state index contributed by atoms with van der Waals surface area (Å²) in [6.07, 6.45) is 1.15. The molecule has 6 nitrogen and oxygen atoms in total. The number of rotatable bonds is 3. The highest BCUT2D eigenvalue weighted by molar-refractivity contribution is 5.97. The second-order valence-corrected chi connectivity index (χ2v) is 6.48. The van der Waals surface area contributed by atoms with Crippen molar-refractivity contribution in [3.8, 4) is 5.69 Å². The quantitative estimate of drug-likeness (QED) is 0.910. The first-order valence-corrected chi connectivity index (χ1v) is 8.33. The summed E-state index contributed by atoms with van der Waals surface area (Å²) in [5.74, 6) is -3.30. The van der Waals surface area contributed by atoms with Crippen molar-refractivity contribution in [2.24, 2.45) is 5.92 Å². The number of piperidine rings is 1. The molecule has 1 fully saturated rings. The summed E-state index contributed by atoms with van der Waals surface area (Å²) in [4.78, 5) is 25.6. The Labute approximate surface area is 149 Å². The van der Waals surface area contributed by atoms with Crippen LogP contribution in [0.2, 0.25) is 0 Å². The number of carboxylic acids is 1. The fourth-order valence-corrected chi connectivity index (χ4v) is 3.36. The topological polar surface area (TPSA) is 75.4 Å². The molecule has 1 aliphatic rings. The van der Waals surface area contributed by atoms with Crippen molar-refractivity contribution in [3.63, 3.8) is 0 Å². The van der Waals surface area contributed by atoms with Gasteiger partial charge in [-0.15, -0.1) is 0 Å². The number of amides is 1. The van der Waals surface area contributed by atoms with Crippen LogP contribution in [-0.2, 0) is 4.79 Å². The molecule has 26 heavy (non-hydrogen) atoms. The standard InChI is InChI=1S/C18H19F2N3O3/c1-10-16(17(24)22-7-3-4-12(9-22)18(25)26)11(2)23(21-10)15-6-5-13(19)8-14(15)20/h5-6,8,12H,3-4,7,9H2,1-2H3,(H,25,26)/t12-/m0/s1. The number of hydrogen-bond donors (Lipinski definition) is 1. The summed E-state index contributed by atoms with van der Waals surface area (Å²) in [5.41, 5.74) is 1.21. The summed E-state index contributed by atoms with van der Waals surface area (Å²) in [7, 11) is 0. The molecule has 0 spiro atoms. The predicted molar refractivity (Wildman–Crippen MR) is 89.2 cm³/mol. The zero-order valence-electron chi connectivity index (χ0n) is 14.5. The number of carbonyl (C=O) groups excluding carboxylic acids is 1. The van der Waals surface area contributed by atoms with Crippen LogP contribution in [0.1, 0.15) is 34.6 Å². The van der Waals surface area contributed by atoms with Gasteiger partial charge in [-0.3, -0.25) is 9.59 Å². The molecule has 1 atom stereocenters. The highest BCUT2D eigenvalue weighted by atomic mass is 19.1. The predicted octanol–water partition coefficient (Wildman–Crippen LogP) is 2.70. The summed E-state index contributed by atoms with van der Waals surface area (Å²) in [6.45, 7) is 3.88. The van der Waals surface area contributed by atoms with Gasteiger partial charge in [-0.2, -0.15) is 5.10 Å². The van der Waals surface area contributed by atoms with E-state index in [1.54, 1.807) is 13.8 Å².